The van der Waals surface area contributed by atoms with Crippen LogP contribution in [0.15, 0.2) is 55.0 Å². The van der Waals surface area contributed by atoms with Crippen molar-refractivity contribution in [3.63, 3.8) is 0 Å². The molecule has 0 aliphatic rings. The fourth-order valence-electron chi connectivity index (χ4n) is 2.02. The van der Waals surface area contributed by atoms with Crippen molar-refractivity contribution >= 4 is 5.91 Å². The van der Waals surface area contributed by atoms with Gasteiger partial charge in [-0.15, -0.1) is 5.10 Å². The minimum atomic E-state index is -0.133. The Kier molecular flexibility index (Phi) is 4.15. The molecule has 1 aromatic carbocycles. The zero-order valence-corrected chi connectivity index (χ0v) is 11.8. The predicted octanol–water partition coefficient (Wildman–Crippen LogP) is 1.03. The molecule has 3 aromatic rings. The number of amides is 1. The summed E-state index contributed by atoms with van der Waals surface area (Å²) in [5, 5.41) is 13.8. The summed E-state index contributed by atoms with van der Waals surface area (Å²) in [7, 11) is 0. The van der Waals surface area contributed by atoms with Crippen molar-refractivity contribution in [1.29, 1.82) is 0 Å². The van der Waals surface area contributed by atoms with Crippen molar-refractivity contribution in [2.45, 2.75) is 6.42 Å². The van der Waals surface area contributed by atoms with Gasteiger partial charge in [-0.2, -0.15) is 0 Å². The van der Waals surface area contributed by atoms with Crippen LogP contribution in [0.5, 0.6) is 0 Å². The summed E-state index contributed by atoms with van der Waals surface area (Å²) in [4.78, 5) is 16.4. The Balaban J connectivity index is 1.62. The molecular formula is C15H14N6O. The number of tetrazole rings is 1. The normalized spacial score (nSPS) is 10.4. The Morgan fingerprint density at radius 2 is 2.14 bits per heavy atom. The predicted molar refractivity (Wildman–Crippen MR) is 79.4 cm³/mol. The SMILES string of the molecule is O=C(NCCc1ccccn1)c1cccc(-n2cnnn2)c1. The maximum atomic E-state index is 12.2. The van der Waals surface area contributed by atoms with Crippen LogP contribution in [-0.4, -0.2) is 37.6 Å². The minimum absolute atomic E-state index is 0.133. The Morgan fingerprint density at radius 3 is 2.91 bits per heavy atom. The number of carbonyl (C=O) groups is 1. The van der Waals surface area contributed by atoms with Crippen molar-refractivity contribution in [2.75, 3.05) is 6.54 Å². The van der Waals surface area contributed by atoms with Crippen molar-refractivity contribution in [3.8, 4) is 5.69 Å². The first-order chi connectivity index (χ1) is 10.8. The highest BCUT2D eigenvalue weighted by molar-refractivity contribution is 5.94. The van der Waals surface area contributed by atoms with Crippen LogP contribution in [0.2, 0.25) is 0 Å². The van der Waals surface area contributed by atoms with E-state index in [1.54, 1.807) is 24.4 Å². The topological polar surface area (TPSA) is 85.6 Å². The number of hydrogen-bond acceptors (Lipinski definition) is 5. The number of hydrogen-bond donors (Lipinski definition) is 1. The van der Waals surface area contributed by atoms with E-state index in [2.05, 4.69) is 25.8 Å². The van der Waals surface area contributed by atoms with Gasteiger partial charge in [0.15, 0.2) is 0 Å². The van der Waals surface area contributed by atoms with E-state index in [1.165, 1.54) is 11.0 Å². The zero-order chi connectivity index (χ0) is 15.2. The van der Waals surface area contributed by atoms with E-state index in [4.69, 9.17) is 0 Å². The summed E-state index contributed by atoms with van der Waals surface area (Å²) in [6.07, 6.45) is 3.92. The summed E-state index contributed by atoms with van der Waals surface area (Å²) in [6.45, 7) is 0.533. The number of nitrogens with zero attached hydrogens (tertiary/aromatic N) is 5. The largest absolute Gasteiger partial charge is 0.352 e. The lowest BCUT2D eigenvalue weighted by molar-refractivity contribution is 0.0954. The summed E-state index contributed by atoms with van der Waals surface area (Å²) in [6, 6.07) is 12.9. The monoisotopic (exact) mass is 294 g/mol. The smallest absolute Gasteiger partial charge is 0.251 e. The molecule has 0 unspecified atom stereocenters. The molecule has 0 saturated carbocycles. The summed E-state index contributed by atoms with van der Waals surface area (Å²) in [5.74, 6) is -0.133. The van der Waals surface area contributed by atoms with Gasteiger partial charge in [-0.25, -0.2) is 4.68 Å². The molecular weight excluding hydrogens is 280 g/mol. The van der Waals surface area contributed by atoms with Gasteiger partial charge in [0.2, 0.25) is 0 Å². The number of nitrogens with one attached hydrogen (secondary N) is 1. The van der Waals surface area contributed by atoms with Gasteiger partial charge in [0.25, 0.3) is 5.91 Å². The maximum Gasteiger partial charge on any atom is 0.251 e. The lowest BCUT2D eigenvalue weighted by Crippen LogP contribution is -2.26. The van der Waals surface area contributed by atoms with E-state index in [0.29, 0.717) is 18.5 Å². The average molecular weight is 294 g/mol. The third-order valence-corrected chi connectivity index (χ3v) is 3.11. The van der Waals surface area contributed by atoms with E-state index in [9.17, 15) is 4.79 Å². The van der Waals surface area contributed by atoms with Gasteiger partial charge in [0.05, 0.1) is 5.69 Å². The molecule has 110 valence electrons. The van der Waals surface area contributed by atoms with Gasteiger partial charge in [0.1, 0.15) is 6.33 Å². The Labute approximate surface area is 127 Å². The first-order valence-electron chi connectivity index (χ1n) is 6.84. The van der Waals surface area contributed by atoms with Gasteiger partial charge in [-0.3, -0.25) is 9.78 Å². The van der Waals surface area contributed by atoms with E-state index in [0.717, 1.165) is 11.4 Å². The van der Waals surface area contributed by atoms with Gasteiger partial charge in [-0.1, -0.05) is 12.1 Å². The third-order valence-electron chi connectivity index (χ3n) is 3.11. The quantitative estimate of drug-likeness (QED) is 0.759. The standard InChI is InChI=1S/C15H14N6O/c22-15(17-9-7-13-5-1-2-8-16-13)12-4-3-6-14(10-12)21-11-18-19-20-21/h1-6,8,10-11H,7,9H2,(H,17,22). The molecule has 7 nitrogen and oxygen atoms in total. The number of pyridine rings is 1. The lowest BCUT2D eigenvalue weighted by atomic mass is 10.2. The molecule has 2 heterocycles. The van der Waals surface area contributed by atoms with Crippen molar-refractivity contribution < 1.29 is 4.79 Å². The molecule has 1 amide bonds. The average Bonchev–Trinajstić information content (AvgIpc) is 3.10. The maximum absolute atomic E-state index is 12.2. The highest BCUT2D eigenvalue weighted by Crippen LogP contribution is 2.08. The Morgan fingerprint density at radius 1 is 1.18 bits per heavy atom. The van der Waals surface area contributed by atoms with Crippen LogP contribution in [0.3, 0.4) is 0 Å². The molecule has 0 aliphatic heterocycles. The van der Waals surface area contributed by atoms with Crippen molar-refractivity contribution in [3.05, 3.63) is 66.2 Å². The molecule has 2 aromatic heterocycles. The van der Waals surface area contributed by atoms with Crippen LogP contribution in [0.1, 0.15) is 16.1 Å². The van der Waals surface area contributed by atoms with Crippen molar-refractivity contribution in [1.82, 2.24) is 30.5 Å². The van der Waals surface area contributed by atoms with Crippen LogP contribution >= 0.6 is 0 Å². The summed E-state index contributed by atoms with van der Waals surface area (Å²) < 4.78 is 1.50. The first kappa shape index (κ1) is 13.9. The number of aromatic nitrogens is 5. The van der Waals surface area contributed by atoms with Crippen LogP contribution in [0.4, 0.5) is 0 Å². The Bertz CT molecular complexity index is 742. The van der Waals surface area contributed by atoms with E-state index >= 15 is 0 Å². The highest BCUT2D eigenvalue weighted by Gasteiger charge is 2.07. The van der Waals surface area contributed by atoms with Gasteiger partial charge in [0, 0.05) is 30.4 Å². The fourth-order valence-corrected chi connectivity index (χ4v) is 2.02. The third kappa shape index (κ3) is 3.32. The molecule has 3 rings (SSSR count). The highest BCUT2D eigenvalue weighted by atomic mass is 16.1. The second-order valence-electron chi connectivity index (χ2n) is 4.63. The van der Waals surface area contributed by atoms with Crippen molar-refractivity contribution in [2.24, 2.45) is 0 Å². The molecule has 0 radical (unpaired) electrons. The molecule has 0 fully saturated rings. The Hall–Kier alpha value is -3.09. The van der Waals surface area contributed by atoms with Crippen LogP contribution in [-0.2, 0) is 6.42 Å². The number of carbonyl (C=O) groups excluding carboxylic acids is 1. The van der Waals surface area contributed by atoms with E-state index < -0.39 is 0 Å². The van der Waals surface area contributed by atoms with E-state index in [-0.39, 0.29) is 5.91 Å². The number of benzene rings is 1. The summed E-state index contributed by atoms with van der Waals surface area (Å²) in [5.41, 5.74) is 2.25. The minimum Gasteiger partial charge on any atom is -0.352 e. The molecule has 1 N–H and O–H groups in total. The molecule has 0 aliphatic carbocycles. The molecule has 7 heteroatoms. The molecule has 0 saturated heterocycles. The lowest BCUT2D eigenvalue weighted by Gasteiger charge is -2.06. The molecule has 22 heavy (non-hydrogen) atoms. The first-order valence-corrected chi connectivity index (χ1v) is 6.84. The number of rotatable bonds is 5. The second kappa shape index (κ2) is 6.57. The van der Waals surface area contributed by atoms with E-state index in [1.807, 2.05) is 24.3 Å². The molecule has 0 atom stereocenters. The fraction of sp³-hybridized carbons (Fsp3) is 0.133. The van der Waals surface area contributed by atoms with Gasteiger partial charge < -0.3 is 5.32 Å². The molecule has 0 bridgehead atoms. The van der Waals surface area contributed by atoms with Gasteiger partial charge in [-0.05, 0) is 40.8 Å². The summed E-state index contributed by atoms with van der Waals surface area (Å²) >= 11 is 0. The second-order valence-corrected chi connectivity index (χ2v) is 4.63. The zero-order valence-electron chi connectivity index (χ0n) is 11.8. The van der Waals surface area contributed by atoms with Crippen LogP contribution in [0.25, 0.3) is 5.69 Å². The molecule has 0 spiro atoms. The van der Waals surface area contributed by atoms with Crippen LogP contribution < -0.4 is 5.32 Å². The van der Waals surface area contributed by atoms with Crippen LogP contribution in [0, 0.1) is 0 Å². The van der Waals surface area contributed by atoms with Gasteiger partial charge >= 0.3 is 0 Å².